The molecule has 1 nitrogen and oxygen atoms in total. The van der Waals surface area contributed by atoms with Crippen molar-refractivity contribution in [3.63, 3.8) is 0 Å². The number of hydrogen-bond acceptors (Lipinski definition) is 1. The molecule has 0 amide bonds. The van der Waals surface area contributed by atoms with Gasteiger partial charge in [0.2, 0.25) is 0 Å². The first kappa shape index (κ1) is 4.32. The van der Waals surface area contributed by atoms with Crippen molar-refractivity contribution >= 4 is 13.8 Å². The molecule has 0 N–H and O–H groups in total. The monoisotopic (exact) mass is 126 g/mol. The van der Waals surface area contributed by atoms with E-state index in [0.29, 0.717) is 0 Å². The van der Waals surface area contributed by atoms with Crippen molar-refractivity contribution < 1.29 is 3.83 Å². The molecular weight excluding hydrogens is 119 g/mol. The van der Waals surface area contributed by atoms with Crippen molar-refractivity contribution in [3.05, 3.63) is 0 Å². The van der Waals surface area contributed by atoms with E-state index in [0.717, 1.165) is 0 Å². The third kappa shape index (κ3) is 39.6. The molecule has 0 aliphatic heterocycles. The van der Waals surface area contributed by atoms with Crippen LogP contribution in [0.5, 0.6) is 0 Å². The van der Waals surface area contributed by atoms with Crippen molar-refractivity contribution in [3.8, 4) is 0 Å². The van der Waals surface area contributed by atoms with Gasteiger partial charge in [-0.1, -0.05) is 0 Å². The van der Waals surface area contributed by atoms with E-state index >= 15 is 0 Å². The molecule has 4 heavy (non-hydrogen) atoms. The van der Waals surface area contributed by atoms with Crippen LogP contribution >= 0.6 is 0 Å². The molecule has 0 saturated carbocycles. The predicted molar refractivity (Wildman–Crippen MR) is 18.2 cm³/mol. The molecule has 0 fully saturated rings. The normalized spacial score (nSPS) is 8.75. The van der Waals surface area contributed by atoms with Crippen LogP contribution in [0.1, 0.15) is 0 Å². The molecule has 0 radical (unpaired) electrons. The van der Waals surface area contributed by atoms with E-state index in [2.05, 4.69) is 0 Å². The van der Waals surface area contributed by atoms with Crippen LogP contribution in [0.2, 0.25) is 11.6 Å². The van der Waals surface area contributed by atoms with Gasteiger partial charge >= 0.3 is 29.3 Å². The summed E-state index contributed by atoms with van der Waals surface area (Å²) in [6, 6.07) is 0. The summed E-state index contributed by atoms with van der Waals surface area (Å²) in [7, 11) is 0. The fourth-order valence-corrected chi connectivity index (χ4v) is 0. The van der Waals surface area contributed by atoms with Gasteiger partial charge in [-0.3, -0.25) is 0 Å². The zero-order valence-electron chi connectivity index (χ0n) is 2.82. The van der Waals surface area contributed by atoms with Crippen molar-refractivity contribution in [1.82, 2.24) is 0 Å². The van der Waals surface area contributed by atoms with Crippen LogP contribution in [0.25, 0.3) is 0 Å². The summed E-state index contributed by atoms with van der Waals surface area (Å²) >= 11 is -1.29. The van der Waals surface area contributed by atoms with Gasteiger partial charge in [0.1, 0.15) is 0 Å². The standard InChI is InChI=1S/C2H6OSe/c1-4(2)3/h1-2H3. The van der Waals surface area contributed by atoms with E-state index in [1.54, 1.807) is 11.6 Å². The molecule has 26 valence electrons. The summed E-state index contributed by atoms with van der Waals surface area (Å²) in [5.41, 5.74) is 0. The quantitative estimate of drug-likeness (QED) is 0.435. The molecule has 0 bridgehead atoms. The first-order chi connectivity index (χ1) is 1.73. The number of hydrogen-bond donors (Lipinski definition) is 0. The summed E-state index contributed by atoms with van der Waals surface area (Å²) in [5.74, 6) is 3.47. The zero-order valence-corrected chi connectivity index (χ0v) is 4.53. The molecule has 0 aliphatic rings. The average Bonchev–Trinajstić information content (AvgIpc) is 0.811. The molecule has 0 saturated heterocycles. The molecule has 0 heterocycles. The Kier molecular flexibility index (Phi) is 1.75. The van der Waals surface area contributed by atoms with E-state index in [1.807, 2.05) is 0 Å². The van der Waals surface area contributed by atoms with Crippen LogP contribution in [0.15, 0.2) is 0 Å². The second-order valence-electron chi connectivity index (χ2n) is 0.742. The van der Waals surface area contributed by atoms with E-state index in [1.165, 1.54) is 0 Å². The minimum absolute atomic E-state index is 1.29. The first-order valence-corrected chi connectivity index (χ1v) is 5.11. The number of rotatable bonds is 0. The van der Waals surface area contributed by atoms with Gasteiger partial charge in [-0.25, -0.2) is 0 Å². The van der Waals surface area contributed by atoms with E-state index in [9.17, 15) is 3.83 Å². The Morgan fingerprint density at radius 3 is 1.50 bits per heavy atom. The molecule has 0 aromatic heterocycles. The van der Waals surface area contributed by atoms with Crippen LogP contribution in [-0.4, -0.2) is 13.8 Å². The van der Waals surface area contributed by atoms with Gasteiger partial charge < -0.3 is 0 Å². The van der Waals surface area contributed by atoms with Gasteiger partial charge in [0.15, 0.2) is 0 Å². The summed E-state index contributed by atoms with van der Waals surface area (Å²) in [4.78, 5) is 0. The van der Waals surface area contributed by atoms with Crippen LogP contribution in [0.3, 0.4) is 0 Å². The predicted octanol–water partition coefficient (Wildman–Crippen LogP) is 0.668. The topological polar surface area (TPSA) is 17.1 Å². The van der Waals surface area contributed by atoms with Crippen molar-refractivity contribution in [1.29, 1.82) is 0 Å². The Bertz CT molecular complexity index is 29.0. The maximum absolute atomic E-state index is 9.65. The third-order valence-corrected chi connectivity index (χ3v) is 0. The van der Waals surface area contributed by atoms with E-state index in [-0.39, 0.29) is 0 Å². The summed E-state index contributed by atoms with van der Waals surface area (Å²) < 4.78 is 9.65. The molecule has 2 heteroatoms. The van der Waals surface area contributed by atoms with Gasteiger partial charge in [0.25, 0.3) is 0 Å². The Balaban J connectivity index is 2.80. The Morgan fingerprint density at radius 2 is 1.50 bits per heavy atom. The van der Waals surface area contributed by atoms with Crippen LogP contribution < -0.4 is 0 Å². The van der Waals surface area contributed by atoms with Crippen molar-refractivity contribution in [2.45, 2.75) is 11.6 Å². The molecule has 0 aromatic carbocycles. The Labute approximate surface area is 30.1 Å². The zero-order chi connectivity index (χ0) is 3.58. The molecule has 0 atom stereocenters. The Morgan fingerprint density at radius 1 is 1.50 bits per heavy atom. The second-order valence-corrected chi connectivity index (χ2v) is 3.85. The molecule has 0 unspecified atom stereocenters. The fourth-order valence-electron chi connectivity index (χ4n) is 0. The molecular formula is C2H6OSe. The molecule has 0 spiro atoms. The van der Waals surface area contributed by atoms with Crippen LogP contribution in [0.4, 0.5) is 0 Å². The summed E-state index contributed by atoms with van der Waals surface area (Å²) in [6.45, 7) is 0. The first-order valence-electron chi connectivity index (χ1n) is 0.983. The maximum atomic E-state index is 9.65. The molecule has 0 aliphatic carbocycles. The fraction of sp³-hybridized carbons (Fsp3) is 1.00. The summed E-state index contributed by atoms with van der Waals surface area (Å²) in [5, 5.41) is 0. The van der Waals surface area contributed by atoms with Crippen LogP contribution in [0, 0.1) is 0 Å². The third-order valence-electron chi connectivity index (χ3n) is 0. The van der Waals surface area contributed by atoms with Gasteiger partial charge in [0, 0.05) is 0 Å². The second kappa shape index (κ2) is 1.62. The van der Waals surface area contributed by atoms with Gasteiger partial charge in [-0.2, -0.15) is 0 Å². The van der Waals surface area contributed by atoms with Crippen LogP contribution in [-0.2, 0) is 3.83 Å². The van der Waals surface area contributed by atoms with E-state index < -0.39 is 13.8 Å². The minimum atomic E-state index is -1.29. The van der Waals surface area contributed by atoms with Crippen molar-refractivity contribution in [2.24, 2.45) is 0 Å². The van der Waals surface area contributed by atoms with Crippen molar-refractivity contribution in [2.75, 3.05) is 0 Å². The molecule has 0 rings (SSSR count). The molecule has 0 aromatic rings. The van der Waals surface area contributed by atoms with Gasteiger partial charge in [-0.05, 0) is 0 Å². The average molecular weight is 125 g/mol. The SMILES string of the molecule is C[Se](C)=O. The van der Waals surface area contributed by atoms with Gasteiger partial charge in [-0.15, -0.1) is 0 Å². The van der Waals surface area contributed by atoms with Gasteiger partial charge in [0.05, 0.1) is 0 Å². The summed E-state index contributed by atoms with van der Waals surface area (Å²) in [6.07, 6.45) is 0. The van der Waals surface area contributed by atoms with E-state index in [4.69, 9.17) is 0 Å². The Hall–Kier alpha value is 0.319.